The third-order valence-corrected chi connectivity index (χ3v) is 4.91. The van der Waals surface area contributed by atoms with Gasteiger partial charge < -0.3 is 5.73 Å². The van der Waals surface area contributed by atoms with E-state index in [4.69, 9.17) is 18.0 Å². The molecule has 0 aliphatic heterocycles. The van der Waals surface area contributed by atoms with E-state index in [2.05, 4.69) is 9.97 Å². The first-order valence-corrected chi connectivity index (χ1v) is 8.00. The Bertz CT molecular complexity index is 731. The van der Waals surface area contributed by atoms with Crippen LogP contribution in [0.2, 0.25) is 0 Å². The first-order valence-electron chi connectivity index (χ1n) is 6.15. The third kappa shape index (κ3) is 3.17. The Labute approximate surface area is 128 Å². The predicted molar refractivity (Wildman–Crippen MR) is 84.6 cm³/mol. The van der Waals surface area contributed by atoms with E-state index in [0.29, 0.717) is 17.9 Å². The van der Waals surface area contributed by atoms with E-state index in [-0.39, 0.29) is 9.88 Å². The summed E-state index contributed by atoms with van der Waals surface area (Å²) in [5.74, 6) is 0. The number of anilines is 1. The molecular formula is C13H14N4O2S2. The molecule has 21 heavy (non-hydrogen) atoms. The lowest BCUT2D eigenvalue weighted by molar-refractivity contribution is 0.591. The summed E-state index contributed by atoms with van der Waals surface area (Å²) < 4.78 is 26.6. The molecule has 0 fully saturated rings. The van der Waals surface area contributed by atoms with Crippen LogP contribution in [0.3, 0.4) is 0 Å². The maximum atomic E-state index is 12.6. The van der Waals surface area contributed by atoms with Crippen molar-refractivity contribution in [1.29, 1.82) is 0 Å². The Morgan fingerprint density at radius 3 is 2.43 bits per heavy atom. The average molecular weight is 322 g/mol. The second-order valence-corrected chi connectivity index (χ2v) is 6.42. The number of hydrogen-bond acceptors (Lipinski definition) is 5. The molecule has 0 saturated carbocycles. The summed E-state index contributed by atoms with van der Waals surface area (Å²) in [6, 6.07) is 6.21. The van der Waals surface area contributed by atoms with Crippen molar-refractivity contribution in [2.75, 3.05) is 10.8 Å². The van der Waals surface area contributed by atoms with Crippen LogP contribution < -0.4 is 10.0 Å². The standard InChI is InChI=1S/C13H14N4O2S2/c1-2-17(10-5-7-15-8-6-10)21(18,19)11-3-4-12(13(14)20)16-9-11/h3-9H,2H2,1H3,(H2,14,20). The lowest BCUT2D eigenvalue weighted by Gasteiger charge is -2.22. The summed E-state index contributed by atoms with van der Waals surface area (Å²) in [4.78, 5) is 8.07. The molecule has 110 valence electrons. The number of pyridine rings is 2. The second-order valence-electron chi connectivity index (χ2n) is 4.12. The van der Waals surface area contributed by atoms with Crippen molar-refractivity contribution < 1.29 is 8.42 Å². The van der Waals surface area contributed by atoms with Crippen molar-refractivity contribution in [3.05, 3.63) is 48.5 Å². The molecule has 8 heteroatoms. The molecular weight excluding hydrogens is 308 g/mol. The Hall–Kier alpha value is -2.06. The summed E-state index contributed by atoms with van der Waals surface area (Å²) in [6.07, 6.45) is 4.34. The minimum atomic E-state index is -3.69. The molecule has 0 radical (unpaired) electrons. The van der Waals surface area contributed by atoms with Crippen LogP contribution in [-0.2, 0) is 10.0 Å². The van der Waals surface area contributed by atoms with Crippen molar-refractivity contribution in [3.63, 3.8) is 0 Å². The highest BCUT2D eigenvalue weighted by molar-refractivity contribution is 7.92. The molecule has 2 heterocycles. The van der Waals surface area contributed by atoms with Gasteiger partial charge in [-0.2, -0.15) is 0 Å². The van der Waals surface area contributed by atoms with Crippen molar-refractivity contribution in [1.82, 2.24) is 9.97 Å². The molecule has 0 aliphatic carbocycles. The first-order chi connectivity index (χ1) is 9.96. The molecule has 0 aliphatic rings. The van der Waals surface area contributed by atoms with Crippen molar-refractivity contribution in [2.24, 2.45) is 5.73 Å². The van der Waals surface area contributed by atoms with Gasteiger partial charge in [0, 0.05) is 25.1 Å². The smallest absolute Gasteiger partial charge is 0.265 e. The summed E-state index contributed by atoms with van der Waals surface area (Å²) >= 11 is 4.80. The number of rotatable bonds is 5. The van der Waals surface area contributed by atoms with E-state index in [0.717, 1.165) is 0 Å². The van der Waals surface area contributed by atoms with Gasteiger partial charge in [0.25, 0.3) is 10.0 Å². The molecule has 2 aromatic rings. The van der Waals surface area contributed by atoms with Gasteiger partial charge in [-0.15, -0.1) is 0 Å². The summed E-state index contributed by atoms with van der Waals surface area (Å²) in [7, 11) is -3.69. The SMILES string of the molecule is CCN(c1ccncc1)S(=O)(=O)c1ccc(C(N)=S)nc1. The highest BCUT2D eigenvalue weighted by atomic mass is 32.2. The van der Waals surface area contributed by atoms with Gasteiger partial charge in [0.05, 0.1) is 11.4 Å². The van der Waals surface area contributed by atoms with Crippen LogP contribution in [0.25, 0.3) is 0 Å². The number of sulfonamides is 1. The first kappa shape index (κ1) is 15.3. The normalized spacial score (nSPS) is 11.1. The van der Waals surface area contributed by atoms with Gasteiger partial charge in [0.15, 0.2) is 0 Å². The van der Waals surface area contributed by atoms with Crippen molar-refractivity contribution in [3.8, 4) is 0 Å². The fourth-order valence-corrected chi connectivity index (χ4v) is 3.35. The highest BCUT2D eigenvalue weighted by Gasteiger charge is 2.23. The monoisotopic (exact) mass is 322 g/mol. The third-order valence-electron chi connectivity index (χ3n) is 2.81. The van der Waals surface area contributed by atoms with Crippen LogP contribution in [0.4, 0.5) is 5.69 Å². The molecule has 0 saturated heterocycles. The molecule has 0 unspecified atom stereocenters. The molecule has 0 amide bonds. The number of aromatic nitrogens is 2. The van der Waals surface area contributed by atoms with Crippen molar-refractivity contribution >= 4 is 32.9 Å². The Kier molecular flexibility index (Phi) is 4.49. The zero-order valence-corrected chi connectivity index (χ0v) is 12.9. The van der Waals surface area contributed by atoms with E-state index >= 15 is 0 Å². The largest absolute Gasteiger partial charge is 0.388 e. The molecule has 2 rings (SSSR count). The van der Waals surface area contributed by atoms with E-state index in [1.165, 1.54) is 22.6 Å². The Balaban J connectivity index is 2.42. The lowest BCUT2D eigenvalue weighted by atomic mass is 10.3. The molecule has 0 spiro atoms. The second kappa shape index (κ2) is 6.15. The number of nitrogens with zero attached hydrogens (tertiary/aromatic N) is 3. The zero-order valence-electron chi connectivity index (χ0n) is 11.3. The van der Waals surface area contributed by atoms with E-state index in [1.807, 2.05) is 0 Å². The quantitative estimate of drug-likeness (QED) is 0.835. The highest BCUT2D eigenvalue weighted by Crippen LogP contribution is 2.22. The molecule has 0 bridgehead atoms. The van der Waals surface area contributed by atoms with Gasteiger partial charge in [0.2, 0.25) is 0 Å². The number of thiocarbonyl (C=S) groups is 1. The Morgan fingerprint density at radius 2 is 1.95 bits per heavy atom. The van der Waals surface area contributed by atoms with Gasteiger partial charge in [-0.3, -0.25) is 14.3 Å². The maximum Gasteiger partial charge on any atom is 0.265 e. The molecule has 2 aromatic heterocycles. The summed E-state index contributed by atoms with van der Waals surface area (Å²) in [5.41, 5.74) is 6.38. The number of nitrogens with two attached hydrogens (primary N) is 1. The van der Waals surface area contributed by atoms with Crippen LogP contribution in [0.15, 0.2) is 47.8 Å². The van der Waals surface area contributed by atoms with Crippen LogP contribution in [-0.4, -0.2) is 29.9 Å². The average Bonchev–Trinajstić information content (AvgIpc) is 2.49. The predicted octanol–water partition coefficient (Wildman–Crippen LogP) is 1.33. The lowest BCUT2D eigenvalue weighted by Crippen LogP contribution is -2.31. The molecule has 0 atom stereocenters. The zero-order chi connectivity index (χ0) is 15.5. The fourth-order valence-electron chi connectivity index (χ4n) is 1.81. The van der Waals surface area contributed by atoms with Crippen LogP contribution in [0, 0.1) is 0 Å². The number of hydrogen-bond donors (Lipinski definition) is 1. The van der Waals surface area contributed by atoms with Crippen LogP contribution >= 0.6 is 12.2 Å². The summed E-state index contributed by atoms with van der Waals surface area (Å²) in [6.45, 7) is 2.05. The van der Waals surface area contributed by atoms with Gasteiger partial charge in [-0.05, 0) is 31.2 Å². The minimum Gasteiger partial charge on any atom is -0.388 e. The molecule has 2 N–H and O–H groups in total. The molecule has 0 aromatic carbocycles. The van der Waals surface area contributed by atoms with E-state index in [9.17, 15) is 8.42 Å². The van der Waals surface area contributed by atoms with Crippen LogP contribution in [0.5, 0.6) is 0 Å². The Morgan fingerprint density at radius 1 is 1.29 bits per heavy atom. The van der Waals surface area contributed by atoms with Crippen LogP contribution in [0.1, 0.15) is 12.6 Å². The van der Waals surface area contributed by atoms with E-state index in [1.54, 1.807) is 31.5 Å². The topological polar surface area (TPSA) is 89.2 Å². The van der Waals surface area contributed by atoms with Gasteiger partial charge >= 0.3 is 0 Å². The summed E-state index contributed by atoms with van der Waals surface area (Å²) in [5, 5.41) is 0. The van der Waals surface area contributed by atoms with Gasteiger partial charge in [-0.1, -0.05) is 12.2 Å². The van der Waals surface area contributed by atoms with Gasteiger partial charge in [-0.25, -0.2) is 8.42 Å². The van der Waals surface area contributed by atoms with Crippen molar-refractivity contribution in [2.45, 2.75) is 11.8 Å². The fraction of sp³-hybridized carbons (Fsp3) is 0.154. The minimum absolute atomic E-state index is 0.0844. The molecule has 6 nitrogen and oxygen atoms in total. The maximum absolute atomic E-state index is 12.6. The van der Waals surface area contributed by atoms with Gasteiger partial charge in [0.1, 0.15) is 9.88 Å². The van der Waals surface area contributed by atoms with E-state index < -0.39 is 10.0 Å².